The molecule has 0 heterocycles. The average Bonchev–Trinajstić information content (AvgIpc) is 2.88. The average molecular weight is 528 g/mol. The molecule has 0 spiro atoms. The monoisotopic (exact) mass is 527 g/mol. The number of carbonyl (C=O) groups is 2. The summed E-state index contributed by atoms with van der Waals surface area (Å²) in [6.07, 6.45) is 1.49. The standard InChI is InChI=1S/C27H27Cl2N3O4/c1-17(2)25(31-26(33)20-10-11-21(28)22(29)14-20)27(34)32-30-15-19-9-12-23(24(13-19)35-3)36-16-18-7-5-4-6-8-18/h4-15,17,25H,16H2,1-3H3,(H,31,33)(H,32,34)/b30-15+. The Morgan fingerprint density at radius 2 is 1.72 bits per heavy atom. The number of rotatable bonds is 10. The molecule has 3 rings (SSSR count). The van der Waals surface area contributed by atoms with E-state index in [4.69, 9.17) is 32.7 Å². The van der Waals surface area contributed by atoms with Gasteiger partial charge in [0.05, 0.1) is 23.4 Å². The van der Waals surface area contributed by atoms with Crippen LogP contribution < -0.4 is 20.2 Å². The zero-order valence-corrected chi connectivity index (χ0v) is 21.6. The van der Waals surface area contributed by atoms with E-state index in [9.17, 15) is 9.59 Å². The number of hydrogen-bond donors (Lipinski definition) is 2. The van der Waals surface area contributed by atoms with Crippen LogP contribution >= 0.6 is 23.2 Å². The highest BCUT2D eigenvalue weighted by Gasteiger charge is 2.24. The van der Waals surface area contributed by atoms with Crippen LogP contribution in [0.5, 0.6) is 11.5 Å². The maximum atomic E-state index is 12.7. The van der Waals surface area contributed by atoms with Crippen molar-refractivity contribution in [2.45, 2.75) is 26.5 Å². The van der Waals surface area contributed by atoms with Crippen LogP contribution in [-0.4, -0.2) is 31.2 Å². The number of hydrazone groups is 1. The summed E-state index contributed by atoms with van der Waals surface area (Å²) in [7, 11) is 1.55. The van der Waals surface area contributed by atoms with Crippen LogP contribution in [0.15, 0.2) is 71.8 Å². The van der Waals surface area contributed by atoms with Crippen LogP contribution in [0, 0.1) is 5.92 Å². The molecular weight excluding hydrogens is 501 g/mol. The normalized spacial score (nSPS) is 11.8. The Hall–Kier alpha value is -3.55. The summed E-state index contributed by atoms with van der Waals surface area (Å²) in [4.78, 5) is 25.3. The van der Waals surface area contributed by atoms with E-state index >= 15 is 0 Å². The van der Waals surface area contributed by atoms with Gasteiger partial charge in [-0.25, -0.2) is 5.43 Å². The number of hydrogen-bond acceptors (Lipinski definition) is 5. The lowest BCUT2D eigenvalue weighted by atomic mass is 10.0. The molecule has 0 saturated heterocycles. The van der Waals surface area contributed by atoms with Crippen LogP contribution in [0.25, 0.3) is 0 Å². The predicted molar refractivity (Wildman–Crippen MR) is 142 cm³/mol. The zero-order chi connectivity index (χ0) is 26.1. The fraction of sp³-hybridized carbons (Fsp3) is 0.222. The summed E-state index contributed by atoms with van der Waals surface area (Å²) in [6, 6.07) is 18.8. The summed E-state index contributed by atoms with van der Waals surface area (Å²) in [6.45, 7) is 4.05. The molecule has 0 saturated carbocycles. The second kappa shape index (κ2) is 13.0. The molecule has 1 unspecified atom stereocenters. The van der Waals surface area contributed by atoms with Gasteiger partial charge in [-0.3, -0.25) is 9.59 Å². The highest BCUT2D eigenvalue weighted by Crippen LogP contribution is 2.28. The summed E-state index contributed by atoms with van der Waals surface area (Å²) in [5.41, 5.74) is 4.52. The van der Waals surface area contributed by atoms with Crippen molar-refractivity contribution in [2.75, 3.05) is 7.11 Å². The maximum Gasteiger partial charge on any atom is 0.262 e. The molecule has 7 nitrogen and oxygen atoms in total. The van der Waals surface area contributed by atoms with Crippen molar-refractivity contribution in [1.29, 1.82) is 0 Å². The molecule has 36 heavy (non-hydrogen) atoms. The van der Waals surface area contributed by atoms with Crippen LogP contribution in [0.4, 0.5) is 0 Å². The van der Waals surface area contributed by atoms with E-state index in [1.807, 2.05) is 44.2 Å². The number of benzene rings is 3. The van der Waals surface area contributed by atoms with Crippen molar-refractivity contribution in [1.82, 2.24) is 10.7 Å². The molecule has 0 aliphatic carbocycles. The van der Waals surface area contributed by atoms with Crippen molar-refractivity contribution < 1.29 is 19.1 Å². The minimum Gasteiger partial charge on any atom is -0.493 e. The lowest BCUT2D eigenvalue weighted by Crippen LogP contribution is -2.48. The quantitative estimate of drug-likeness (QED) is 0.269. The number of nitrogens with one attached hydrogen (secondary N) is 2. The minimum absolute atomic E-state index is 0.187. The molecule has 0 fully saturated rings. The Labute approximate surface area is 220 Å². The molecule has 2 amide bonds. The van der Waals surface area contributed by atoms with Gasteiger partial charge in [-0.05, 0) is 53.4 Å². The SMILES string of the molecule is COc1cc(/C=N/NC(=O)C(NC(=O)c2ccc(Cl)c(Cl)c2)C(C)C)ccc1OCc1ccccc1. The second-order valence-corrected chi connectivity index (χ2v) is 9.06. The molecule has 0 bridgehead atoms. The molecule has 0 aliphatic heterocycles. The first-order valence-corrected chi connectivity index (χ1v) is 12.0. The summed E-state index contributed by atoms with van der Waals surface area (Å²) in [5, 5.41) is 7.35. The highest BCUT2D eigenvalue weighted by atomic mass is 35.5. The van der Waals surface area contributed by atoms with Gasteiger partial charge in [0.1, 0.15) is 12.6 Å². The molecule has 1 atom stereocenters. The fourth-order valence-corrected chi connectivity index (χ4v) is 3.55. The van der Waals surface area contributed by atoms with Gasteiger partial charge in [-0.15, -0.1) is 0 Å². The van der Waals surface area contributed by atoms with Gasteiger partial charge in [0, 0.05) is 5.56 Å². The minimum atomic E-state index is -0.813. The van der Waals surface area contributed by atoms with Gasteiger partial charge in [0.2, 0.25) is 0 Å². The third kappa shape index (κ3) is 7.47. The van der Waals surface area contributed by atoms with E-state index < -0.39 is 17.9 Å². The molecule has 3 aromatic carbocycles. The lowest BCUT2D eigenvalue weighted by Gasteiger charge is -2.20. The van der Waals surface area contributed by atoms with Gasteiger partial charge >= 0.3 is 0 Å². The van der Waals surface area contributed by atoms with Crippen molar-refractivity contribution in [3.8, 4) is 11.5 Å². The summed E-state index contributed by atoms with van der Waals surface area (Å²) >= 11 is 11.9. The number of halogens is 2. The number of carbonyl (C=O) groups excluding carboxylic acids is 2. The Balaban J connectivity index is 1.61. The van der Waals surface area contributed by atoms with E-state index in [0.29, 0.717) is 34.3 Å². The van der Waals surface area contributed by atoms with E-state index in [1.165, 1.54) is 24.4 Å². The number of amides is 2. The first-order valence-electron chi connectivity index (χ1n) is 11.2. The topological polar surface area (TPSA) is 89.0 Å². The van der Waals surface area contributed by atoms with E-state index in [-0.39, 0.29) is 10.9 Å². The van der Waals surface area contributed by atoms with Gasteiger partial charge < -0.3 is 14.8 Å². The zero-order valence-electron chi connectivity index (χ0n) is 20.1. The number of ether oxygens (including phenoxy) is 2. The summed E-state index contributed by atoms with van der Waals surface area (Å²) < 4.78 is 11.3. The van der Waals surface area contributed by atoms with Crippen LogP contribution in [0.1, 0.15) is 35.3 Å². The number of nitrogens with zero attached hydrogens (tertiary/aromatic N) is 1. The third-order valence-corrected chi connectivity index (χ3v) is 5.97. The molecule has 3 aromatic rings. The lowest BCUT2D eigenvalue weighted by molar-refractivity contribution is -0.123. The Bertz CT molecular complexity index is 1230. The predicted octanol–water partition coefficient (Wildman–Crippen LogP) is 5.49. The largest absolute Gasteiger partial charge is 0.493 e. The van der Waals surface area contributed by atoms with Crippen molar-refractivity contribution in [3.05, 3.63) is 93.5 Å². The van der Waals surface area contributed by atoms with Crippen molar-refractivity contribution >= 4 is 41.2 Å². The maximum absolute atomic E-state index is 12.7. The highest BCUT2D eigenvalue weighted by molar-refractivity contribution is 6.42. The van der Waals surface area contributed by atoms with Gasteiger partial charge in [0.25, 0.3) is 11.8 Å². The van der Waals surface area contributed by atoms with Gasteiger partial charge in [-0.1, -0.05) is 67.4 Å². The summed E-state index contributed by atoms with van der Waals surface area (Å²) in [5.74, 6) is 0.0438. The van der Waals surface area contributed by atoms with Crippen LogP contribution in [0.3, 0.4) is 0 Å². The molecule has 9 heteroatoms. The molecule has 0 radical (unpaired) electrons. The smallest absolute Gasteiger partial charge is 0.262 e. The first-order chi connectivity index (χ1) is 17.3. The number of methoxy groups -OCH3 is 1. The van der Waals surface area contributed by atoms with E-state index in [0.717, 1.165) is 5.56 Å². The Morgan fingerprint density at radius 3 is 2.39 bits per heavy atom. The fourth-order valence-electron chi connectivity index (χ4n) is 3.26. The third-order valence-electron chi connectivity index (χ3n) is 5.23. The van der Waals surface area contributed by atoms with Crippen molar-refractivity contribution in [2.24, 2.45) is 11.0 Å². The van der Waals surface area contributed by atoms with Gasteiger partial charge in [0.15, 0.2) is 11.5 Å². The van der Waals surface area contributed by atoms with E-state index in [1.54, 1.807) is 25.3 Å². The Morgan fingerprint density at radius 1 is 0.972 bits per heavy atom. The van der Waals surface area contributed by atoms with Crippen LogP contribution in [-0.2, 0) is 11.4 Å². The molecule has 188 valence electrons. The van der Waals surface area contributed by atoms with E-state index in [2.05, 4.69) is 15.8 Å². The molecule has 2 N–H and O–H groups in total. The van der Waals surface area contributed by atoms with Crippen LogP contribution in [0.2, 0.25) is 10.0 Å². The van der Waals surface area contributed by atoms with Gasteiger partial charge in [-0.2, -0.15) is 5.10 Å². The second-order valence-electron chi connectivity index (χ2n) is 8.24. The molecule has 0 aliphatic rings. The molecule has 0 aromatic heterocycles. The van der Waals surface area contributed by atoms with Crippen molar-refractivity contribution in [3.63, 3.8) is 0 Å². The Kier molecular flexibility index (Phi) is 9.73. The molecular formula is C27H27Cl2N3O4. The first kappa shape index (κ1) is 27.0.